The highest BCUT2D eigenvalue weighted by atomic mass is 16.1. The summed E-state index contributed by atoms with van der Waals surface area (Å²) in [6.45, 7) is 2.38. The molecule has 2 aromatic carbocycles. The van der Waals surface area contributed by atoms with Gasteiger partial charge in [0, 0.05) is 17.9 Å². The number of benzene rings is 2. The number of nitrogens with one attached hydrogen (secondary N) is 2. The molecule has 6 nitrogen and oxygen atoms in total. The van der Waals surface area contributed by atoms with Gasteiger partial charge in [0.15, 0.2) is 0 Å². The Morgan fingerprint density at radius 3 is 2.68 bits per heavy atom. The summed E-state index contributed by atoms with van der Waals surface area (Å²) in [5.74, 6) is 0.0944. The van der Waals surface area contributed by atoms with Gasteiger partial charge in [0.2, 0.25) is 5.95 Å². The predicted octanol–water partition coefficient (Wildman–Crippen LogP) is 3.76. The Balaban J connectivity index is 1.60. The first kappa shape index (κ1) is 19.1. The maximum Gasteiger partial charge on any atom is 0.270 e. The van der Waals surface area contributed by atoms with Crippen LogP contribution in [0.5, 0.6) is 0 Å². The van der Waals surface area contributed by atoms with Crippen molar-refractivity contribution in [3.63, 3.8) is 0 Å². The van der Waals surface area contributed by atoms with Gasteiger partial charge in [0.05, 0.1) is 11.6 Å². The number of anilines is 2. The van der Waals surface area contributed by atoms with Crippen LogP contribution in [0.15, 0.2) is 60.7 Å². The topological polar surface area (TPSA) is 90.7 Å². The van der Waals surface area contributed by atoms with Crippen LogP contribution < -0.4 is 10.6 Å². The second-order valence-corrected chi connectivity index (χ2v) is 6.38. The van der Waals surface area contributed by atoms with Crippen LogP contribution in [0.2, 0.25) is 0 Å². The molecule has 0 aliphatic rings. The fourth-order valence-corrected chi connectivity index (χ4v) is 2.77. The van der Waals surface area contributed by atoms with Gasteiger partial charge in [-0.25, -0.2) is 9.97 Å². The van der Waals surface area contributed by atoms with E-state index in [0.717, 1.165) is 12.8 Å². The highest BCUT2D eigenvalue weighted by molar-refractivity contribution is 5.92. The molecule has 6 heteroatoms. The Bertz CT molecular complexity index is 995. The summed E-state index contributed by atoms with van der Waals surface area (Å²) in [5, 5.41) is 15.0. The zero-order chi connectivity index (χ0) is 19.8. The molecule has 0 radical (unpaired) electrons. The third-order valence-corrected chi connectivity index (χ3v) is 4.11. The van der Waals surface area contributed by atoms with Gasteiger partial charge >= 0.3 is 0 Å². The number of aromatic nitrogens is 2. The van der Waals surface area contributed by atoms with Crippen molar-refractivity contribution in [2.75, 3.05) is 11.9 Å². The Morgan fingerprint density at radius 1 is 1.07 bits per heavy atom. The molecule has 0 bridgehead atoms. The van der Waals surface area contributed by atoms with Gasteiger partial charge in [-0.2, -0.15) is 5.26 Å². The largest absolute Gasteiger partial charge is 0.351 e. The lowest BCUT2D eigenvalue weighted by Gasteiger charge is -2.09. The number of amides is 1. The lowest BCUT2D eigenvalue weighted by molar-refractivity contribution is 0.0948. The quantitative estimate of drug-likeness (QED) is 0.617. The number of carbonyl (C=O) groups excluding carboxylic acids is 1. The number of rotatable bonds is 7. The Hall–Kier alpha value is -3.72. The fraction of sp³-hybridized carbons (Fsp3) is 0.182. The summed E-state index contributed by atoms with van der Waals surface area (Å²) in [7, 11) is 0. The first-order valence-corrected chi connectivity index (χ1v) is 9.09. The van der Waals surface area contributed by atoms with Crippen molar-refractivity contribution in [2.24, 2.45) is 0 Å². The second kappa shape index (κ2) is 9.28. The van der Waals surface area contributed by atoms with Crippen LogP contribution in [0.25, 0.3) is 0 Å². The maximum absolute atomic E-state index is 12.4. The van der Waals surface area contributed by atoms with Gasteiger partial charge in [-0.15, -0.1) is 0 Å². The molecule has 0 spiro atoms. The van der Waals surface area contributed by atoms with Gasteiger partial charge in [-0.1, -0.05) is 36.4 Å². The van der Waals surface area contributed by atoms with Crippen molar-refractivity contribution in [3.8, 4) is 6.07 Å². The van der Waals surface area contributed by atoms with Crippen molar-refractivity contribution in [3.05, 3.63) is 83.2 Å². The van der Waals surface area contributed by atoms with Crippen LogP contribution in [0.1, 0.15) is 33.7 Å². The predicted molar refractivity (Wildman–Crippen MR) is 108 cm³/mol. The van der Waals surface area contributed by atoms with Crippen molar-refractivity contribution < 1.29 is 4.79 Å². The number of aryl methyl sites for hydroxylation is 2. The first-order chi connectivity index (χ1) is 13.6. The van der Waals surface area contributed by atoms with Crippen molar-refractivity contribution in [1.29, 1.82) is 5.26 Å². The van der Waals surface area contributed by atoms with Gasteiger partial charge in [-0.3, -0.25) is 4.79 Å². The molecule has 0 fully saturated rings. The van der Waals surface area contributed by atoms with Gasteiger partial charge in [0.1, 0.15) is 5.69 Å². The molecule has 28 heavy (non-hydrogen) atoms. The highest BCUT2D eigenvalue weighted by Crippen LogP contribution is 2.15. The molecule has 1 heterocycles. The third-order valence-electron chi connectivity index (χ3n) is 4.11. The molecule has 3 rings (SSSR count). The van der Waals surface area contributed by atoms with Crippen molar-refractivity contribution in [1.82, 2.24) is 15.3 Å². The summed E-state index contributed by atoms with van der Waals surface area (Å²) < 4.78 is 0. The summed E-state index contributed by atoms with van der Waals surface area (Å²) in [6.07, 6.45) is 1.76. The Labute approximate surface area is 164 Å². The molecule has 0 saturated heterocycles. The average molecular weight is 371 g/mol. The number of carbonyl (C=O) groups is 1. The fourth-order valence-electron chi connectivity index (χ4n) is 2.77. The van der Waals surface area contributed by atoms with Gasteiger partial charge < -0.3 is 10.6 Å². The van der Waals surface area contributed by atoms with E-state index >= 15 is 0 Å². The molecular weight excluding hydrogens is 350 g/mol. The summed E-state index contributed by atoms with van der Waals surface area (Å²) in [6, 6.07) is 20.9. The van der Waals surface area contributed by atoms with Crippen molar-refractivity contribution in [2.45, 2.75) is 19.8 Å². The van der Waals surface area contributed by atoms with E-state index < -0.39 is 0 Å². The van der Waals surface area contributed by atoms with E-state index in [1.807, 2.05) is 31.2 Å². The van der Waals surface area contributed by atoms with E-state index in [2.05, 4.69) is 38.8 Å². The molecule has 0 aliphatic carbocycles. The average Bonchev–Trinajstić information content (AvgIpc) is 2.71. The molecule has 0 atom stereocenters. The monoisotopic (exact) mass is 371 g/mol. The van der Waals surface area contributed by atoms with E-state index in [1.54, 1.807) is 24.3 Å². The molecule has 0 unspecified atom stereocenters. The minimum atomic E-state index is -0.229. The zero-order valence-electron chi connectivity index (χ0n) is 15.6. The summed E-state index contributed by atoms with van der Waals surface area (Å²) in [4.78, 5) is 21.1. The minimum absolute atomic E-state index is 0.229. The van der Waals surface area contributed by atoms with Crippen LogP contribution in [-0.2, 0) is 6.42 Å². The van der Waals surface area contributed by atoms with E-state index in [4.69, 9.17) is 5.26 Å². The Morgan fingerprint density at radius 2 is 1.89 bits per heavy atom. The SMILES string of the molecule is Cc1cc(C(=O)NCCCc2ccccc2)nc(Nc2cccc(C#N)c2)n1. The maximum atomic E-state index is 12.4. The van der Waals surface area contributed by atoms with Crippen LogP contribution in [0.4, 0.5) is 11.6 Å². The van der Waals surface area contributed by atoms with E-state index in [0.29, 0.717) is 35.1 Å². The lowest BCUT2D eigenvalue weighted by atomic mass is 10.1. The molecule has 2 N–H and O–H groups in total. The molecule has 0 aliphatic heterocycles. The van der Waals surface area contributed by atoms with E-state index in [1.165, 1.54) is 5.56 Å². The number of hydrogen-bond donors (Lipinski definition) is 2. The normalized spacial score (nSPS) is 10.1. The minimum Gasteiger partial charge on any atom is -0.351 e. The molecule has 0 saturated carbocycles. The molecular formula is C22H21N5O. The second-order valence-electron chi connectivity index (χ2n) is 6.38. The molecule has 1 aromatic heterocycles. The smallest absolute Gasteiger partial charge is 0.270 e. The molecule has 3 aromatic rings. The lowest BCUT2D eigenvalue weighted by Crippen LogP contribution is -2.26. The summed E-state index contributed by atoms with van der Waals surface area (Å²) in [5.41, 5.74) is 3.48. The van der Waals surface area contributed by atoms with E-state index in [-0.39, 0.29) is 5.91 Å². The highest BCUT2D eigenvalue weighted by Gasteiger charge is 2.10. The first-order valence-electron chi connectivity index (χ1n) is 9.09. The van der Waals surface area contributed by atoms with Crippen LogP contribution in [0, 0.1) is 18.3 Å². The van der Waals surface area contributed by atoms with Crippen molar-refractivity contribution >= 4 is 17.5 Å². The van der Waals surface area contributed by atoms with Crippen LogP contribution >= 0.6 is 0 Å². The van der Waals surface area contributed by atoms with Crippen LogP contribution in [0.3, 0.4) is 0 Å². The number of nitrogens with zero attached hydrogens (tertiary/aromatic N) is 3. The summed E-state index contributed by atoms with van der Waals surface area (Å²) >= 11 is 0. The third kappa shape index (κ3) is 5.39. The van der Waals surface area contributed by atoms with Crippen LogP contribution in [-0.4, -0.2) is 22.4 Å². The van der Waals surface area contributed by atoms with Gasteiger partial charge in [0.25, 0.3) is 5.91 Å². The van der Waals surface area contributed by atoms with Gasteiger partial charge in [-0.05, 0) is 49.6 Å². The molecule has 140 valence electrons. The standard InChI is InChI=1S/C22H21N5O/c1-16-13-20(21(28)24-12-6-10-17-7-3-2-4-8-17)27-22(25-16)26-19-11-5-9-18(14-19)15-23/h2-5,7-9,11,13-14H,6,10,12H2,1H3,(H,24,28)(H,25,26,27). The molecule has 1 amide bonds. The number of nitriles is 1. The number of hydrogen-bond acceptors (Lipinski definition) is 5. The zero-order valence-corrected chi connectivity index (χ0v) is 15.6. The Kier molecular flexibility index (Phi) is 6.32. The van der Waals surface area contributed by atoms with E-state index in [9.17, 15) is 4.79 Å².